The summed E-state index contributed by atoms with van der Waals surface area (Å²) in [5.41, 5.74) is 0. The molecule has 1 N–H and O–H groups in total. The summed E-state index contributed by atoms with van der Waals surface area (Å²) in [7, 11) is 0. The van der Waals surface area contributed by atoms with E-state index in [0.29, 0.717) is 17.5 Å². The third-order valence-electron chi connectivity index (χ3n) is 3.86. The summed E-state index contributed by atoms with van der Waals surface area (Å²) in [5.74, 6) is 2.84. The van der Waals surface area contributed by atoms with Crippen LogP contribution in [0.4, 0.5) is 11.6 Å². The average molecular weight is 347 g/mol. The highest BCUT2D eigenvalue weighted by atomic mass is 32.2. The Morgan fingerprint density at radius 3 is 3.08 bits per heavy atom. The largest absolute Gasteiger partial charge is 0.360 e. The van der Waals surface area contributed by atoms with Gasteiger partial charge in [-0.3, -0.25) is 4.79 Å². The number of rotatable bonds is 5. The van der Waals surface area contributed by atoms with E-state index >= 15 is 0 Å². The van der Waals surface area contributed by atoms with E-state index in [1.54, 1.807) is 19.3 Å². The van der Waals surface area contributed by atoms with E-state index in [1.807, 2.05) is 6.07 Å². The molecule has 3 heterocycles. The van der Waals surface area contributed by atoms with Crippen LogP contribution in [0.25, 0.3) is 0 Å². The number of nitrogens with zero attached hydrogens (tertiary/aromatic N) is 4. The molecule has 1 aliphatic heterocycles. The molecule has 128 valence electrons. The molecule has 0 bridgehead atoms. The number of carbonyl (C=O) groups excluding carboxylic acids is 1. The predicted octanol–water partition coefficient (Wildman–Crippen LogP) is 2.74. The number of amides is 1. The second kappa shape index (κ2) is 7.65. The van der Waals surface area contributed by atoms with Gasteiger partial charge in [-0.2, -0.15) is 0 Å². The molecule has 2 aromatic heterocycles. The minimum Gasteiger partial charge on any atom is -0.360 e. The van der Waals surface area contributed by atoms with Gasteiger partial charge in [-0.25, -0.2) is 9.97 Å². The van der Waals surface area contributed by atoms with Crippen molar-refractivity contribution in [2.75, 3.05) is 29.1 Å². The maximum absolute atomic E-state index is 12.0. The Morgan fingerprint density at radius 2 is 2.33 bits per heavy atom. The first kappa shape index (κ1) is 16.8. The Morgan fingerprint density at radius 1 is 1.46 bits per heavy atom. The number of hydrogen-bond donors (Lipinski definition) is 1. The third-order valence-corrected chi connectivity index (χ3v) is 4.78. The van der Waals surface area contributed by atoms with Gasteiger partial charge in [0.25, 0.3) is 0 Å². The fourth-order valence-corrected chi connectivity index (χ4v) is 3.38. The molecule has 1 unspecified atom stereocenters. The molecule has 0 spiro atoms. The Balaban J connectivity index is 1.55. The van der Waals surface area contributed by atoms with Crippen molar-refractivity contribution in [2.45, 2.75) is 31.7 Å². The van der Waals surface area contributed by atoms with Gasteiger partial charge in [-0.05, 0) is 25.7 Å². The second-order valence-corrected chi connectivity index (χ2v) is 7.06. The highest BCUT2D eigenvalue weighted by molar-refractivity contribution is 7.99. The van der Waals surface area contributed by atoms with Crippen molar-refractivity contribution in [1.29, 1.82) is 0 Å². The molecule has 1 fully saturated rings. The summed E-state index contributed by atoms with van der Waals surface area (Å²) in [6.07, 6.45) is 4.02. The second-order valence-electron chi connectivity index (χ2n) is 6.07. The van der Waals surface area contributed by atoms with E-state index < -0.39 is 0 Å². The molecule has 8 heteroatoms. The summed E-state index contributed by atoms with van der Waals surface area (Å²) in [5, 5.41) is 7.24. The van der Waals surface area contributed by atoms with E-state index in [0.717, 1.165) is 23.9 Å². The molecule has 0 radical (unpaired) electrons. The number of aromatic nitrogens is 3. The monoisotopic (exact) mass is 347 g/mol. The van der Waals surface area contributed by atoms with Gasteiger partial charge in [0.05, 0.1) is 5.75 Å². The highest BCUT2D eigenvalue weighted by Crippen LogP contribution is 2.24. The standard InChI is InChI=1S/C16H21N5O2S/c1-11-4-3-5-21(8-11)14-7-16(18-10-17-14)24-9-15(22)19-13-6-12(2)23-20-13/h6-7,10-11H,3-5,8-9H2,1-2H3,(H,19,20,22). The topological polar surface area (TPSA) is 84.2 Å². The fourth-order valence-electron chi connectivity index (χ4n) is 2.72. The van der Waals surface area contributed by atoms with E-state index in [9.17, 15) is 4.79 Å². The summed E-state index contributed by atoms with van der Waals surface area (Å²) in [4.78, 5) is 22.9. The van der Waals surface area contributed by atoms with Crippen LogP contribution in [-0.2, 0) is 4.79 Å². The van der Waals surface area contributed by atoms with Gasteiger partial charge in [0.2, 0.25) is 5.91 Å². The highest BCUT2D eigenvalue weighted by Gasteiger charge is 2.18. The number of nitrogens with one attached hydrogen (secondary N) is 1. The molecule has 0 aliphatic carbocycles. The minimum atomic E-state index is -0.139. The normalized spacial score (nSPS) is 17.8. The zero-order valence-corrected chi connectivity index (χ0v) is 14.7. The SMILES string of the molecule is Cc1cc(NC(=O)CSc2cc(N3CCCC(C)C3)ncn2)no1. The lowest BCUT2D eigenvalue weighted by Gasteiger charge is -2.31. The van der Waals surface area contributed by atoms with Crippen molar-refractivity contribution in [3.05, 3.63) is 24.2 Å². The summed E-state index contributed by atoms with van der Waals surface area (Å²) in [6.45, 7) is 6.09. The number of piperidine rings is 1. The average Bonchev–Trinajstić information content (AvgIpc) is 2.98. The first-order chi connectivity index (χ1) is 11.6. The molecule has 1 aliphatic rings. The van der Waals surface area contributed by atoms with Crippen LogP contribution >= 0.6 is 11.8 Å². The number of anilines is 2. The van der Waals surface area contributed by atoms with Gasteiger partial charge < -0.3 is 14.7 Å². The van der Waals surface area contributed by atoms with Crippen LogP contribution in [-0.4, -0.2) is 39.9 Å². The third kappa shape index (κ3) is 4.47. The Bertz CT molecular complexity index is 705. The molecular weight excluding hydrogens is 326 g/mol. The van der Waals surface area contributed by atoms with E-state index in [2.05, 4.69) is 32.3 Å². The number of aryl methyl sites for hydroxylation is 1. The first-order valence-electron chi connectivity index (χ1n) is 8.03. The molecule has 0 saturated carbocycles. The first-order valence-corrected chi connectivity index (χ1v) is 9.01. The van der Waals surface area contributed by atoms with Crippen molar-refractivity contribution >= 4 is 29.3 Å². The van der Waals surface area contributed by atoms with Gasteiger partial charge in [0, 0.05) is 25.2 Å². The molecule has 7 nitrogen and oxygen atoms in total. The van der Waals surface area contributed by atoms with Crippen molar-refractivity contribution < 1.29 is 9.32 Å². The van der Waals surface area contributed by atoms with Gasteiger partial charge in [0.1, 0.15) is 22.9 Å². The summed E-state index contributed by atoms with van der Waals surface area (Å²) < 4.78 is 4.92. The van der Waals surface area contributed by atoms with Crippen LogP contribution in [0.15, 0.2) is 28.0 Å². The maximum Gasteiger partial charge on any atom is 0.236 e. The summed E-state index contributed by atoms with van der Waals surface area (Å²) in [6, 6.07) is 3.64. The van der Waals surface area contributed by atoms with Gasteiger partial charge in [-0.15, -0.1) is 0 Å². The quantitative estimate of drug-likeness (QED) is 0.657. The summed E-state index contributed by atoms with van der Waals surface area (Å²) >= 11 is 1.39. The van der Waals surface area contributed by atoms with E-state index in [1.165, 1.54) is 24.6 Å². The molecule has 3 rings (SSSR count). The predicted molar refractivity (Wildman–Crippen MR) is 93.2 cm³/mol. The molecule has 1 saturated heterocycles. The molecule has 1 amide bonds. The Hall–Kier alpha value is -2.09. The van der Waals surface area contributed by atoms with Crippen LogP contribution in [0.2, 0.25) is 0 Å². The maximum atomic E-state index is 12.0. The number of hydrogen-bond acceptors (Lipinski definition) is 7. The lowest BCUT2D eigenvalue weighted by molar-refractivity contribution is -0.113. The van der Waals surface area contributed by atoms with Crippen LogP contribution in [0.1, 0.15) is 25.5 Å². The fraction of sp³-hybridized carbons (Fsp3) is 0.500. The molecular formula is C16H21N5O2S. The zero-order chi connectivity index (χ0) is 16.9. The lowest BCUT2D eigenvalue weighted by Crippen LogP contribution is -2.34. The van der Waals surface area contributed by atoms with Crippen molar-refractivity contribution in [2.24, 2.45) is 5.92 Å². The molecule has 0 aromatic carbocycles. The van der Waals surface area contributed by atoms with Gasteiger partial charge in [0.15, 0.2) is 5.82 Å². The van der Waals surface area contributed by atoms with Gasteiger partial charge >= 0.3 is 0 Å². The molecule has 1 atom stereocenters. The van der Waals surface area contributed by atoms with E-state index in [-0.39, 0.29) is 11.7 Å². The Labute approximate surface area is 145 Å². The van der Waals surface area contributed by atoms with Crippen LogP contribution in [0, 0.1) is 12.8 Å². The molecule has 24 heavy (non-hydrogen) atoms. The van der Waals surface area contributed by atoms with Crippen LogP contribution in [0.3, 0.4) is 0 Å². The zero-order valence-electron chi connectivity index (χ0n) is 13.9. The minimum absolute atomic E-state index is 0.139. The smallest absolute Gasteiger partial charge is 0.236 e. The van der Waals surface area contributed by atoms with Crippen molar-refractivity contribution in [3.8, 4) is 0 Å². The van der Waals surface area contributed by atoms with Crippen LogP contribution in [0.5, 0.6) is 0 Å². The number of carbonyl (C=O) groups is 1. The van der Waals surface area contributed by atoms with Crippen LogP contribution < -0.4 is 10.2 Å². The number of thioether (sulfide) groups is 1. The van der Waals surface area contributed by atoms with Crippen molar-refractivity contribution in [3.63, 3.8) is 0 Å². The lowest BCUT2D eigenvalue weighted by atomic mass is 10.0. The van der Waals surface area contributed by atoms with Gasteiger partial charge in [-0.1, -0.05) is 23.8 Å². The van der Waals surface area contributed by atoms with E-state index in [4.69, 9.17) is 4.52 Å². The Kier molecular flexibility index (Phi) is 5.34. The molecule has 2 aromatic rings. The van der Waals surface area contributed by atoms with Crippen molar-refractivity contribution in [1.82, 2.24) is 15.1 Å².